The van der Waals surface area contributed by atoms with E-state index in [1.807, 2.05) is 11.8 Å². The highest BCUT2D eigenvalue weighted by atomic mass is 32.2. The Morgan fingerprint density at radius 3 is 1.88 bits per heavy atom. The van der Waals surface area contributed by atoms with Gasteiger partial charge >= 0.3 is 7.25 Å². The van der Waals surface area contributed by atoms with E-state index in [1.165, 1.54) is 32.4 Å². The maximum atomic E-state index is 9.75. The number of hydrogen-bond acceptors (Lipinski definition) is 1. The normalized spacial score (nSPS) is 12.8. The van der Waals surface area contributed by atoms with Gasteiger partial charge in [-0.15, -0.1) is 0 Å². The van der Waals surface area contributed by atoms with E-state index in [0.29, 0.717) is 0 Å². The van der Waals surface area contributed by atoms with Gasteiger partial charge in [-0.05, 0) is 36.6 Å². The van der Waals surface area contributed by atoms with Crippen molar-refractivity contribution in [2.75, 3.05) is 0 Å². The fourth-order valence-electron chi connectivity index (χ4n) is 2.14. The first kappa shape index (κ1) is 19.8. The van der Waals surface area contributed by atoms with Crippen molar-refractivity contribution >= 4 is 29.9 Å². The molecular formula is C18H17BF4S2. The van der Waals surface area contributed by atoms with Gasteiger partial charge in [0.15, 0.2) is 25.9 Å². The third-order valence-electron chi connectivity index (χ3n) is 3.19. The third kappa shape index (κ3) is 6.37. The lowest BCUT2D eigenvalue weighted by molar-refractivity contribution is 0.368. The van der Waals surface area contributed by atoms with Crippen molar-refractivity contribution in [3.63, 3.8) is 0 Å². The fourth-order valence-corrected chi connectivity index (χ4v) is 5.43. The van der Waals surface area contributed by atoms with Gasteiger partial charge < -0.3 is 17.3 Å². The topological polar surface area (TPSA) is 0 Å². The van der Waals surface area contributed by atoms with Crippen LogP contribution in [0.2, 0.25) is 0 Å². The summed E-state index contributed by atoms with van der Waals surface area (Å²) in [5.41, 5.74) is 0. The lowest BCUT2D eigenvalue weighted by atomic mass is 10.3. The lowest BCUT2D eigenvalue weighted by Gasteiger charge is -2.14. The zero-order valence-electron chi connectivity index (χ0n) is 13.6. The van der Waals surface area contributed by atoms with Crippen molar-refractivity contribution in [3.8, 4) is 11.2 Å². The molecule has 1 aliphatic rings. The summed E-state index contributed by atoms with van der Waals surface area (Å²) in [7, 11) is -6.08. The quantitative estimate of drug-likeness (QED) is 0.184. The summed E-state index contributed by atoms with van der Waals surface area (Å²) < 4.78 is 39.0. The summed E-state index contributed by atoms with van der Waals surface area (Å²) in [6, 6.07) is 17.4. The zero-order valence-corrected chi connectivity index (χ0v) is 15.3. The molecule has 7 heteroatoms. The highest BCUT2D eigenvalue weighted by Crippen LogP contribution is 2.44. The monoisotopic (exact) mass is 384 g/mol. The minimum Gasteiger partial charge on any atom is -0.418 e. The third-order valence-corrected chi connectivity index (χ3v) is 6.54. The molecule has 2 aromatic rings. The van der Waals surface area contributed by atoms with Gasteiger partial charge in [0, 0.05) is 6.42 Å². The molecule has 0 N–H and O–H groups in total. The Labute approximate surface area is 152 Å². The highest BCUT2D eigenvalue weighted by Gasteiger charge is 2.34. The van der Waals surface area contributed by atoms with E-state index < -0.39 is 7.25 Å². The van der Waals surface area contributed by atoms with E-state index in [9.17, 15) is 17.3 Å². The minimum atomic E-state index is -6.00. The van der Waals surface area contributed by atoms with E-state index in [1.54, 1.807) is 0 Å². The summed E-state index contributed by atoms with van der Waals surface area (Å²) >= 11 is 1.87. The van der Waals surface area contributed by atoms with Crippen molar-refractivity contribution in [2.45, 2.75) is 45.8 Å². The Balaban J connectivity index is 0.000000399. The lowest BCUT2D eigenvalue weighted by Crippen LogP contribution is -2.07. The largest absolute Gasteiger partial charge is 0.673 e. The van der Waals surface area contributed by atoms with Crippen LogP contribution in [0, 0.1) is 11.2 Å². The van der Waals surface area contributed by atoms with Crippen LogP contribution in [0.5, 0.6) is 0 Å². The van der Waals surface area contributed by atoms with Gasteiger partial charge in [-0.25, -0.2) is 0 Å². The van der Waals surface area contributed by atoms with Crippen LogP contribution in [0.15, 0.2) is 68.1 Å². The van der Waals surface area contributed by atoms with Gasteiger partial charge in [0.1, 0.15) is 0 Å². The van der Waals surface area contributed by atoms with Crippen LogP contribution in [0.3, 0.4) is 0 Å². The van der Waals surface area contributed by atoms with E-state index in [0.717, 1.165) is 6.42 Å². The van der Waals surface area contributed by atoms with Crippen LogP contribution < -0.4 is 0 Å². The zero-order chi connectivity index (χ0) is 18.3. The number of rotatable bonds is 2. The summed E-state index contributed by atoms with van der Waals surface area (Å²) in [5, 5.41) is 3.53. The van der Waals surface area contributed by atoms with Gasteiger partial charge in [0.05, 0.1) is 9.79 Å². The van der Waals surface area contributed by atoms with Crippen LogP contribution in [-0.2, 0) is 10.9 Å². The molecule has 0 amide bonds. The predicted molar refractivity (Wildman–Crippen MR) is 98.4 cm³/mol. The number of benzene rings is 2. The number of halogens is 4. The first-order chi connectivity index (χ1) is 11.9. The first-order valence-electron chi connectivity index (χ1n) is 7.86. The van der Waals surface area contributed by atoms with E-state index in [-0.39, 0.29) is 10.9 Å². The highest BCUT2D eigenvalue weighted by molar-refractivity contribution is 8.06. The van der Waals surface area contributed by atoms with Gasteiger partial charge in [-0.3, -0.25) is 0 Å². The molecule has 3 rings (SSSR count). The van der Waals surface area contributed by atoms with Crippen molar-refractivity contribution < 1.29 is 17.3 Å². The second-order valence-electron chi connectivity index (χ2n) is 5.18. The van der Waals surface area contributed by atoms with Crippen molar-refractivity contribution in [1.29, 1.82) is 0 Å². The number of hydrogen-bond donors (Lipinski definition) is 0. The molecule has 132 valence electrons. The van der Waals surface area contributed by atoms with Gasteiger partial charge in [-0.2, -0.15) is 0 Å². The van der Waals surface area contributed by atoms with Gasteiger partial charge in [0.2, 0.25) is 0 Å². The Morgan fingerprint density at radius 2 is 1.40 bits per heavy atom. The molecule has 0 radical (unpaired) electrons. The standard InChI is InChI=1S/C18H17S2.BF4/c1-2-3-4-9-14-20-17-12-7-5-10-15(17)19-16-11-6-8-13-18(16)20;2-1(3,4)5/h5-8,10-13H,2-4H2,1H3;/q+1;-1. The molecule has 0 saturated carbocycles. The summed E-state index contributed by atoms with van der Waals surface area (Å²) in [6.45, 7) is 2.21. The van der Waals surface area contributed by atoms with Gasteiger partial charge in [-0.1, -0.05) is 49.4 Å². The van der Waals surface area contributed by atoms with Crippen LogP contribution in [0.25, 0.3) is 0 Å². The molecule has 0 saturated heterocycles. The van der Waals surface area contributed by atoms with Crippen LogP contribution in [0.1, 0.15) is 26.2 Å². The smallest absolute Gasteiger partial charge is 0.418 e. The molecule has 0 nitrogen and oxygen atoms in total. The molecule has 0 spiro atoms. The van der Waals surface area contributed by atoms with Crippen molar-refractivity contribution in [1.82, 2.24) is 0 Å². The molecule has 1 aliphatic heterocycles. The molecule has 0 aliphatic carbocycles. The Morgan fingerprint density at radius 1 is 0.920 bits per heavy atom. The van der Waals surface area contributed by atoms with Crippen LogP contribution in [-0.4, -0.2) is 7.25 Å². The second-order valence-corrected chi connectivity index (χ2v) is 7.96. The molecule has 0 atom stereocenters. The second kappa shape index (κ2) is 9.26. The Kier molecular flexibility index (Phi) is 7.33. The molecule has 2 aromatic carbocycles. The Hall–Kier alpha value is -1.52. The van der Waals surface area contributed by atoms with Crippen molar-refractivity contribution in [2.24, 2.45) is 0 Å². The van der Waals surface area contributed by atoms with E-state index >= 15 is 0 Å². The van der Waals surface area contributed by atoms with Crippen LogP contribution in [0.4, 0.5) is 17.3 Å². The number of fused-ring (bicyclic) bond motifs is 2. The summed E-state index contributed by atoms with van der Waals surface area (Å²) in [6.07, 6.45) is 3.42. The fraction of sp³-hybridized carbons (Fsp3) is 0.222. The maximum absolute atomic E-state index is 9.75. The molecule has 0 fully saturated rings. The molecule has 0 unspecified atom stereocenters. The molecule has 1 heterocycles. The predicted octanol–water partition coefficient (Wildman–Crippen LogP) is 6.64. The minimum absolute atomic E-state index is 0.0799. The molecular weight excluding hydrogens is 367 g/mol. The molecule has 0 bridgehead atoms. The first-order valence-corrected chi connectivity index (χ1v) is 9.90. The molecule has 0 aromatic heterocycles. The SMILES string of the molecule is CCCCC#C[S+]1c2ccccc2Sc2ccccc21.F[B-](F)(F)F. The number of unbranched alkanes of at least 4 members (excludes halogenated alkanes) is 2. The average Bonchev–Trinajstić information content (AvgIpc) is 2.56. The van der Waals surface area contributed by atoms with E-state index in [4.69, 9.17) is 0 Å². The van der Waals surface area contributed by atoms with Crippen molar-refractivity contribution in [3.05, 3.63) is 48.5 Å². The summed E-state index contributed by atoms with van der Waals surface area (Å²) in [4.78, 5) is 5.50. The van der Waals surface area contributed by atoms with E-state index in [2.05, 4.69) is 66.6 Å². The van der Waals surface area contributed by atoms with Gasteiger partial charge in [0.25, 0.3) is 0 Å². The summed E-state index contributed by atoms with van der Waals surface area (Å²) in [5.74, 6) is 3.39. The van der Waals surface area contributed by atoms with Crippen LogP contribution >= 0.6 is 11.8 Å². The average molecular weight is 384 g/mol. The molecule has 25 heavy (non-hydrogen) atoms. The Bertz CT molecular complexity index is 714. The maximum Gasteiger partial charge on any atom is 0.673 e.